The van der Waals surface area contributed by atoms with Crippen LogP contribution in [0.3, 0.4) is 0 Å². The van der Waals surface area contributed by atoms with Crippen LogP contribution in [0.5, 0.6) is 0 Å². The Morgan fingerprint density at radius 1 is 0.960 bits per heavy atom. The van der Waals surface area contributed by atoms with Gasteiger partial charge in [0.05, 0.1) is 5.69 Å². The zero-order valence-corrected chi connectivity index (χ0v) is 13.7. The summed E-state index contributed by atoms with van der Waals surface area (Å²) in [5.41, 5.74) is 0.375. The molecule has 1 aliphatic heterocycles. The van der Waals surface area contributed by atoms with Gasteiger partial charge in [-0.25, -0.2) is 23.1 Å². The summed E-state index contributed by atoms with van der Waals surface area (Å²) in [4.78, 5) is 12.5. The number of hydrogen-bond acceptors (Lipinski definition) is 4. The monoisotopic (exact) mass is 348 g/mol. The van der Waals surface area contributed by atoms with Crippen LogP contribution in [-0.2, 0) is 0 Å². The second kappa shape index (κ2) is 6.54. The molecule has 1 saturated heterocycles. The number of rotatable bonds is 4. The first-order chi connectivity index (χ1) is 12.1. The Morgan fingerprint density at radius 3 is 2.28 bits per heavy atom. The molecule has 0 radical (unpaired) electrons. The van der Waals surface area contributed by atoms with Crippen LogP contribution in [0.25, 0.3) is 0 Å². The molecule has 0 amide bonds. The van der Waals surface area contributed by atoms with Crippen molar-refractivity contribution in [2.45, 2.75) is 25.2 Å². The van der Waals surface area contributed by atoms with E-state index in [2.05, 4.69) is 9.97 Å². The molecule has 0 spiro atoms. The minimum atomic E-state index is -2.60. The lowest BCUT2D eigenvalue weighted by Crippen LogP contribution is -2.47. The normalized spacial score (nSPS) is 18.1. The van der Waals surface area contributed by atoms with E-state index in [4.69, 9.17) is 0 Å². The van der Waals surface area contributed by atoms with E-state index >= 15 is 0 Å². The van der Waals surface area contributed by atoms with Crippen molar-refractivity contribution >= 4 is 11.5 Å². The number of alkyl halides is 2. The van der Waals surface area contributed by atoms with Crippen LogP contribution in [0.15, 0.2) is 30.3 Å². The number of piperazine rings is 1. The molecule has 0 atom stereocenters. The second-order valence-electron chi connectivity index (χ2n) is 6.51. The number of para-hydroxylation sites is 1. The average Bonchev–Trinajstić information content (AvgIpc) is 3.47. The predicted octanol–water partition coefficient (Wildman–Crippen LogP) is 3.76. The van der Waals surface area contributed by atoms with Crippen molar-refractivity contribution in [1.29, 1.82) is 0 Å². The van der Waals surface area contributed by atoms with Gasteiger partial charge in [0.25, 0.3) is 6.43 Å². The summed E-state index contributed by atoms with van der Waals surface area (Å²) in [6.07, 6.45) is -0.667. The van der Waals surface area contributed by atoms with E-state index in [0.717, 1.165) is 12.8 Å². The molecule has 0 bridgehead atoms. The molecule has 0 unspecified atom stereocenters. The van der Waals surface area contributed by atoms with Crippen molar-refractivity contribution in [2.24, 2.45) is 0 Å². The van der Waals surface area contributed by atoms with Crippen LogP contribution in [-0.4, -0.2) is 36.1 Å². The van der Waals surface area contributed by atoms with Gasteiger partial charge >= 0.3 is 0 Å². The first-order valence-electron chi connectivity index (χ1n) is 8.53. The Balaban J connectivity index is 1.51. The Kier molecular flexibility index (Phi) is 4.23. The third kappa shape index (κ3) is 3.41. The van der Waals surface area contributed by atoms with Gasteiger partial charge in [0.15, 0.2) is 0 Å². The Bertz CT molecular complexity index is 735. The molecule has 4 rings (SSSR count). The van der Waals surface area contributed by atoms with E-state index < -0.39 is 6.43 Å². The van der Waals surface area contributed by atoms with Gasteiger partial charge < -0.3 is 9.80 Å². The molecule has 2 aliphatic rings. The lowest BCUT2D eigenvalue weighted by Gasteiger charge is -2.37. The van der Waals surface area contributed by atoms with Gasteiger partial charge in [-0.15, -0.1) is 0 Å². The van der Waals surface area contributed by atoms with E-state index in [9.17, 15) is 13.2 Å². The van der Waals surface area contributed by atoms with Crippen LogP contribution < -0.4 is 9.80 Å². The first-order valence-corrected chi connectivity index (χ1v) is 8.53. The van der Waals surface area contributed by atoms with Crippen molar-refractivity contribution in [3.63, 3.8) is 0 Å². The highest BCUT2D eigenvalue weighted by Gasteiger charge is 2.30. The maximum atomic E-state index is 13.9. The first kappa shape index (κ1) is 16.2. The number of hydrogen-bond donors (Lipinski definition) is 0. The van der Waals surface area contributed by atoms with Crippen LogP contribution in [0.1, 0.15) is 36.7 Å². The third-order valence-electron chi connectivity index (χ3n) is 4.71. The Hall–Kier alpha value is -2.31. The number of halogens is 3. The summed E-state index contributed by atoms with van der Waals surface area (Å²) >= 11 is 0. The summed E-state index contributed by atoms with van der Waals surface area (Å²) < 4.78 is 40.2. The topological polar surface area (TPSA) is 32.3 Å². The van der Waals surface area contributed by atoms with E-state index in [-0.39, 0.29) is 17.4 Å². The molecule has 2 heterocycles. The van der Waals surface area contributed by atoms with Crippen molar-refractivity contribution in [1.82, 2.24) is 9.97 Å². The second-order valence-corrected chi connectivity index (χ2v) is 6.51. The molecule has 25 heavy (non-hydrogen) atoms. The molecule has 4 nitrogen and oxygen atoms in total. The summed E-state index contributed by atoms with van der Waals surface area (Å²) in [5, 5.41) is 0. The molecule has 2 aromatic rings. The quantitative estimate of drug-likeness (QED) is 0.842. The molecule has 0 N–H and O–H groups in total. The fraction of sp³-hybridized carbons (Fsp3) is 0.444. The van der Waals surface area contributed by atoms with E-state index in [1.54, 1.807) is 12.1 Å². The summed E-state index contributed by atoms with van der Waals surface area (Å²) in [5.74, 6) is 1.07. The number of aromatic nitrogens is 2. The van der Waals surface area contributed by atoms with Crippen LogP contribution >= 0.6 is 0 Å². The SMILES string of the molecule is Fc1ccccc1N1CCN(c2cc(C(F)F)nc(C3CC3)n2)CC1. The minimum absolute atomic E-state index is 0.205. The molecular weight excluding hydrogens is 329 g/mol. The van der Waals surface area contributed by atoms with E-state index in [1.807, 2.05) is 15.9 Å². The standard InChI is InChI=1S/C18H19F3N4/c19-13-3-1-2-4-15(13)24-7-9-25(10-8-24)16-11-14(17(20)21)22-18(23-16)12-5-6-12/h1-4,11-12,17H,5-10H2. The molecule has 132 valence electrons. The smallest absolute Gasteiger partial charge is 0.280 e. The fourth-order valence-electron chi connectivity index (χ4n) is 3.15. The average molecular weight is 348 g/mol. The Labute approximate surface area is 144 Å². The molecule has 2 fully saturated rings. The predicted molar refractivity (Wildman–Crippen MR) is 89.8 cm³/mol. The molecule has 1 aliphatic carbocycles. The van der Waals surface area contributed by atoms with Gasteiger partial charge in [0.1, 0.15) is 23.2 Å². The molecule has 7 heteroatoms. The van der Waals surface area contributed by atoms with Gasteiger partial charge in [-0.3, -0.25) is 0 Å². The summed E-state index contributed by atoms with van der Waals surface area (Å²) in [7, 11) is 0. The van der Waals surface area contributed by atoms with Gasteiger partial charge in [-0.2, -0.15) is 0 Å². The number of anilines is 2. The maximum Gasteiger partial charge on any atom is 0.280 e. The van der Waals surface area contributed by atoms with Crippen molar-refractivity contribution in [3.05, 3.63) is 47.7 Å². The van der Waals surface area contributed by atoms with Crippen molar-refractivity contribution < 1.29 is 13.2 Å². The van der Waals surface area contributed by atoms with Crippen LogP contribution in [0.4, 0.5) is 24.7 Å². The van der Waals surface area contributed by atoms with Gasteiger partial charge in [-0.05, 0) is 25.0 Å². The third-order valence-corrected chi connectivity index (χ3v) is 4.71. The Morgan fingerprint density at radius 2 is 1.64 bits per heavy atom. The highest BCUT2D eigenvalue weighted by atomic mass is 19.3. The fourth-order valence-corrected chi connectivity index (χ4v) is 3.15. The van der Waals surface area contributed by atoms with Crippen molar-refractivity contribution in [2.75, 3.05) is 36.0 Å². The molecule has 1 aromatic carbocycles. The van der Waals surface area contributed by atoms with Gasteiger partial charge in [0.2, 0.25) is 0 Å². The zero-order chi connectivity index (χ0) is 17.4. The zero-order valence-electron chi connectivity index (χ0n) is 13.7. The van der Waals surface area contributed by atoms with Crippen LogP contribution in [0.2, 0.25) is 0 Å². The largest absolute Gasteiger partial charge is 0.366 e. The maximum absolute atomic E-state index is 13.9. The van der Waals surface area contributed by atoms with Gasteiger partial charge in [0, 0.05) is 38.2 Å². The molecule has 1 aromatic heterocycles. The molecular formula is C18H19F3N4. The number of benzene rings is 1. The lowest BCUT2D eigenvalue weighted by molar-refractivity contribution is 0.145. The van der Waals surface area contributed by atoms with E-state index in [1.165, 1.54) is 12.1 Å². The van der Waals surface area contributed by atoms with Crippen LogP contribution in [0, 0.1) is 5.82 Å². The minimum Gasteiger partial charge on any atom is -0.366 e. The molecule has 1 saturated carbocycles. The van der Waals surface area contributed by atoms with Crippen molar-refractivity contribution in [3.8, 4) is 0 Å². The highest BCUT2D eigenvalue weighted by Crippen LogP contribution is 2.39. The lowest BCUT2D eigenvalue weighted by atomic mass is 10.2. The highest BCUT2D eigenvalue weighted by molar-refractivity contribution is 5.50. The summed E-state index contributed by atoms with van der Waals surface area (Å²) in [6.45, 7) is 2.46. The van der Waals surface area contributed by atoms with E-state index in [0.29, 0.717) is 43.5 Å². The number of nitrogens with zero attached hydrogens (tertiary/aromatic N) is 4. The van der Waals surface area contributed by atoms with Gasteiger partial charge in [-0.1, -0.05) is 12.1 Å². The summed E-state index contributed by atoms with van der Waals surface area (Å²) in [6, 6.07) is 8.07.